The minimum absolute atomic E-state index is 1.03. The van der Waals surface area contributed by atoms with E-state index in [1.807, 2.05) is 0 Å². The molecule has 0 aliphatic carbocycles. The van der Waals surface area contributed by atoms with E-state index >= 15 is 0 Å². The fourth-order valence-electron chi connectivity index (χ4n) is 0. The van der Waals surface area contributed by atoms with Crippen LogP contribution >= 0.6 is 0 Å². The summed E-state index contributed by atoms with van der Waals surface area (Å²) in [5, 5.41) is 6.50. The van der Waals surface area contributed by atoms with Crippen molar-refractivity contribution in [1.29, 1.82) is 5.26 Å². The third-order valence-electron chi connectivity index (χ3n) is 0. The van der Waals surface area contributed by atoms with Crippen molar-refractivity contribution in [3.05, 3.63) is 0 Å². The van der Waals surface area contributed by atoms with Gasteiger partial charge in [-0.25, -0.2) is 5.26 Å². The van der Waals surface area contributed by atoms with E-state index in [-0.39, 0.29) is 0 Å². The summed E-state index contributed by atoms with van der Waals surface area (Å²) in [6, 6.07) is 0. The molecule has 0 aromatic heterocycles. The summed E-state index contributed by atoms with van der Waals surface area (Å²) in [5.41, 5.74) is 0. The SMILES string of the molecule is C#N.[CH3][Hg]. The molecule has 2 heteroatoms. The third-order valence-corrected chi connectivity index (χ3v) is 0. The molecule has 0 radical (unpaired) electrons. The Morgan fingerprint density at radius 2 is 1.50 bits per heavy atom. The molecule has 0 saturated heterocycles. The molecule has 0 heterocycles. The molecule has 0 fully saturated rings. The molecule has 0 aromatic carbocycles. The number of hydrogen-bond donors (Lipinski definition) is 0. The van der Waals surface area contributed by atoms with Crippen LogP contribution in [0.4, 0.5) is 0 Å². The maximum absolute atomic E-state index is 6.50. The van der Waals surface area contributed by atoms with Gasteiger partial charge in [0.15, 0.2) is 0 Å². The Morgan fingerprint density at radius 3 is 1.50 bits per heavy atom. The van der Waals surface area contributed by atoms with E-state index in [1.165, 1.54) is 0 Å². The van der Waals surface area contributed by atoms with E-state index in [9.17, 15) is 0 Å². The molecular formula is C2H4HgN. The van der Waals surface area contributed by atoms with Crippen molar-refractivity contribution >= 4 is 0 Å². The Kier molecular flexibility index (Phi) is 246. The van der Waals surface area contributed by atoms with Gasteiger partial charge in [-0.05, 0) is 0 Å². The molecule has 4 heavy (non-hydrogen) atoms. The van der Waals surface area contributed by atoms with E-state index < -0.39 is 0 Å². The van der Waals surface area contributed by atoms with Crippen LogP contribution in [-0.4, -0.2) is 0 Å². The molecule has 1 nitrogen and oxygen atoms in total. The van der Waals surface area contributed by atoms with Crippen LogP contribution in [0.1, 0.15) is 0 Å². The molecular weight excluding hydrogens is 239 g/mol. The van der Waals surface area contributed by atoms with Gasteiger partial charge in [0, 0.05) is 6.57 Å². The fourth-order valence-corrected chi connectivity index (χ4v) is 0. The normalized spacial score (nSPS) is 2.25. The van der Waals surface area contributed by atoms with Gasteiger partial charge in [0.2, 0.25) is 0 Å². The van der Waals surface area contributed by atoms with E-state index in [0.717, 1.165) is 26.1 Å². The zero-order valence-electron chi connectivity index (χ0n) is 2.73. The number of hydrogen-bond acceptors (Lipinski definition) is 1. The second kappa shape index (κ2) is 111. The molecule has 0 rings (SSSR count). The summed E-state index contributed by atoms with van der Waals surface area (Å²) >= 11 is 1.03. The molecule has 0 spiro atoms. The van der Waals surface area contributed by atoms with Gasteiger partial charge in [0.1, 0.15) is 0 Å². The van der Waals surface area contributed by atoms with Crippen LogP contribution in [-0.2, 0) is 26.1 Å². The summed E-state index contributed by atoms with van der Waals surface area (Å²) in [7, 11) is 0. The molecule has 0 aliphatic rings. The Bertz CT molecular complexity index is 10.8. The average Bonchev–Trinajstić information content (AvgIpc) is 1.50. The van der Waals surface area contributed by atoms with Gasteiger partial charge in [0.25, 0.3) is 0 Å². The standard InChI is InChI=1S/CHN.CH3.Hg/c1-2;;/h1H;1H3;. The van der Waals surface area contributed by atoms with Crippen molar-refractivity contribution in [2.75, 3.05) is 0 Å². The van der Waals surface area contributed by atoms with Gasteiger partial charge in [-0.1, -0.05) is 0 Å². The Balaban J connectivity index is 0. The van der Waals surface area contributed by atoms with Crippen molar-refractivity contribution in [3.63, 3.8) is 0 Å². The molecule has 0 N–H and O–H groups in total. The minimum atomic E-state index is 1.03. The van der Waals surface area contributed by atoms with Crippen LogP contribution in [0.2, 0.25) is 4.43 Å². The van der Waals surface area contributed by atoms with Crippen LogP contribution in [0, 0.1) is 11.8 Å². The zero-order chi connectivity index (χ0) is 4.00. The van der Waals surface area contributed by atoms with E-state index in [4.69, 9.17) is 5.26 Å². The van der Waals surface area contributed by atoms with Crippen molar-refractivity contribution in [2.24, 2.45) is 0 Å². The molecule has 19 valence electrons. The van der Waals surface area contributed by atoms with E-state index in [2.05, 4.69) is 11.0 Å². The Labute approximate surface area is 42.6 Å². The monoisotopic (exact) mass is 244 g/mol. The van der Waals surface area contributed by atoms with Crippen LogP contribution in [0.15, 0.2) is 0 Å². The molecule has 0 aliphatic heterocycles. The van der Waals surface area contributed by atoms with Crippen molar-refractivity contribution in [1.82, 2.24) is 0 Å². The van der Waals surface area contributed by atoms with Crippen LogP contribution in [0.3, 0.4) is 0 Å². The third kappa shape index (κ3) is 27.3. The number of nitriles is 1. The molecule has 0 aromatic rings. The van der Waals surface area contributed by atoms with Crippen LogP contribution < -0.4 is 0 Å². The molecule has 0 unspecified atom stereocenters. The van der Waals surface area contributed by atoms with Gasteiger partial charge in [-0.15, -0.1) is 0 Å². The van der Waals surface area contributed by atoms with E-state index in [1.54, 1.807) is 0 Å². The first-order valence-electron chi connectivity index (χ1n) is 0.965. The summed E-state index contributed by atoms with van der Waals surface area (Å²) in [5.74, 6) is 0. The zero-order valence-corrected chi connectivity index (χ0v) is 8.23. The molecule has 0 bridgehead atoms. The molecule has 0 saturated carbocycles. The molecule has 0 amide bonds. The molecule has 0 atom stereocenters. The van der Waals surface area contributed by atoms with Gasteiger partial charge >= 0.3 is 30.6 Å². The summed E-state index contributed by atoms with van der Waals surface area (Å²) < 4.78 is 2.19. The van der Waals surface area contributed by atoms with Gasteiger partial charge in [0.05, 0.1) is 0 Å². The van der Waals surface area contributed by atoms with Gasteiger partial charge in [-0.2, -0.15) is 0 Å². The summed E-state index contributed by atoms with van der Waals surface area (Å²) in [6.07, 6.45) is 0. The first-order chi connectivity index (χ1) is 2.00. The van der Waals surface area contributed by atoms with Crippen molar-refractivity contribution < 1.29 is 26.1 Å². The van der Waals surface area contributed by atoms with Gasteiger partial charge < -0.3 is 0 Å². The summed E-state index contributed by atoms with van der Waals surface area (Å²) in [6.45, 7) is 3.50. The predicted octanol–water partition coefficient (Wildman–Crippen LogP) is 0.721. The first-order valence-corrected chi connectivity index (χ1v) is 6.46. The Hall–Kier alpha value is 0.425. The second-order valence-corrected chi connectivity index (χ2v) is 0. The Morgan fingerprint density at radius 1 is 1.50 bits per heavy atom. The summed E-state index contributed by atoms with van der Waals surface area (Å²) in [4.78, 5) is 0. The maximum atomic E-state index is 6.50. The van der Waals surface area contributed by atoms with E-state index in [0.29, 0.717) is 0 Å². The topological polar surface area (TPSA) is 23.8 Å². The predicted molar refractivity (Wildman–Crippen MR) is 12.5 cm³/mol. The van der Waals surface area contributed by atoms with Crippen molar-refractivity contribution in [2.45, 2.75) is 4.43 Å². The fraction of sp³-hybridized carbons (Fsp3) is 0.500. The second-order valence-electron chi connectivity index (χ2n) is 0. The van der Waals surface area contributed by atoms with Crippen LogP contribution in [0.25, 0.3) is 0 Å². The average molecular weight is 243 g/mol. The van der Waals surface area contributed by atoms with Crippen LogP contribution in [0.5, 0.6) is 0 Å². The van der Waals surface area contributed by atoms with Gasteiger partial charge in [-0.3, -0.25) is 0 Å². The number of nitrogens with zero attached hydrogens (tertiary/aromatic N) is 1. The number of rotatable bonds is 0. The quantitative estimate of drug-likeness (QED) is 0.575. The van der Waals surface area contributed by atoms with Crippen molar-refractivity contribution in [3.8, 4) is 6.57 Å². The first kappa shape index (κ1) is 8.83.